The third-order valence-corrected chi connectivity index (χ3v) is 3.51. The average molecular weight is 332 g/mol. The second kappa shape index (κ2) is 7.84. The molecule has 0 bridgehead atoms. The number of para-hydroxylation sites is 1. The van der Waals surface area contributed by atoms with Crippen molar-refractivity contribution in [3.05, 3.63) is 88.8 Å². The van der Waals surface area contributed by atoms with Gasteiger partial charge in [0.1, 0.15) is 24.7 Å². The second-order valence-corrected chi connectivity index (χ2v) is 5.24. The summed E-state index contributed by atoms with van der Waals surface area (Å²) in [6.07, 6.45) is 1.63. The number of ether oxygens (including phenoxy) is 2. The van der Waals surface area contributed by atoms with E-state index in [9.17, 15) is 4.79 Å². The van der Waals surface area contributed by atoms with Gasteiger partial charge in [0.05, 0.1) is 11.6 Å². The minimum atomic E-state index is -0.225. The Hall–Kier alpha value is -3.52. The van der Waals surface area contributed by atoms with Crippen LogP contribution in [0.2, 0.25) is 0 Å². The SMILES string of the molecule is N#Cc1cccc(-n2ccc(OCCOc3ccccc3)cc2=O)c1. The molecule has 2 aromatic carbocycles. The molecule has 0 aliphatic rings. The van der Waals surface area contributed by atoms with Crippen LogP contribution in [0.1, 0.15) is 5.56 Å². The smallest absolute Gasteiger partial charge is 0.258 e. The molecule has 5 heteroatoms. The maximum Gasteiger partial charge on any atom is 0.258 e. The van der Waals surface area contributed by atoms with Gasteiger partial charge in [-0.2, -0.15) is 5.26 Å². The number of aromatic nitrogens is 1. The molecular formula is C20H16N2O3. The van der Waals surface area contributed by atoms with Gasteiger partial charge in [0.15, 0.2) is 0 Å². The lowest BCUT2D eigenvalue weighted by Gasteiger charge is -2.10. The second-order valence-electron chi connectivity index (χ2n) is 5.24. The topological polar surface area (TPSA) is 64.2 Å². The van der Waals surface area contributed by atoms with Crippen LogP contribution < -0.4 is 15.0 Å². The molecule has 0 radical (unpaired) electrons. The molecule has 0 atom stereocenters. The maximum atomic E-state index is 12.3. The van der Waals surface area contributed by atoms with E-state index in [0.717, 1.165) is 5.75 Å². The summed E-state index contributed by atoms with van der Waals surface area (Å²) in [5, 5.41) is 8.96. The van der Waals surface area contributed by atoms with Gasteiger partial charge in [-0.15, -0.1) is 0 Å². The van der Waals surface area contributed by atoms with E-state index in [0.29, 0.717) is 30.2 Å². The zero-order chi connectivity index (χ0) is 17.5. The van der Waals surface area contributed by atoms with E-state index in [1.54, 1.807) is 36.5 Å². The van der Waals surface area contributed by atoms with Gasteiger partial charge in [-0.25, -0.2) is 0 Å². The Balaban J connectivity index is 1.62. The van der Waals surface area contributed by atoms with Gasteiger partial charge < -0.3 is 9.47 Å². The molecule has 0 fully saturated rings. The molecular weight excluding hydrogens is 316 g/mol. The number of nitriles is 1. The van der Waals surface area contributed by atoms with Crippen LogP contribution in [0.3, 0.4) is 0 Å². The van der Waals surface area contributed by atoms with Crippen LogP contribution in [0.5, 0.6) is 11.5 Å². The molecule has 0 spiro atoms. The van der Waals surface area contributed by atoms with Crippen LogP contribution in [0.4, 0.5) is 0 Å². The van der Waals surface area contributed by atoms with Crippen LogP contribution in [0.15, 0.2) is 77.7 Å². The maximum absolute atomic E-state index is 12.3. The molecule has 0 saturated heterocycles. The molecule has 0 aliphatic carbocycles. The largest absolute Gasteiger partial charge is 0.490 e. The first kappa shape index (κ1) is 16.3. The number of hydrogen-bond acceptors (Lipinski definition) is 4. The summed E-state index contributed by atoms with van der Waals surface area (Å²) in [5.41, 5.74) is 0.919. The summed E-state index contributed by atoms with van der Waals surface area (Å²) in [5.74, 6) is 1.26. The predicted molar refractivity (Wildman–Crippen MR) is 94.2 cm³/mol. The van der Waals surface area contributed by atoms with Crippen molar-refractivity contribution < 1.29 is 9.47 Å². The summed E-state index contributed by atoms with van der Waals surface area (Å²) < 4.78 is 12.6. The molecule has 25 heavy (non-hydrogen) atoms. The van der Waals surface area contributed by atoms with E-state index >= 15 is 0 Å². The van der Waals surface area contributed by atoms with Gasteiger partial charge in [-0.05, 0) is 36.4 Å². The molecule has 1 heterocycles. The van der Waals surface area contributed by atoms with Crippen molar-refractivity contribution in [2.75, 3.05) is 13.2 Å². The molecule has 0 amide bonds. The molecule has 124 valence electrons. The Morgan fingerprint density at radius 3 is 2.36 bits per heavy atom. The van der Waals surface area contributed by atoms with Gasteiger partial charge in [0.2, 0.25) is 0 Å². The zero-order valence-electron chi connectivity index (χ0n) is 13.5. The summed E-state index contributed by atoms with van der Waals surface area (Å²) in [7, 11) is 0. The first-order valence-electron chi connectivity index (χ1n) is 7.80. The third-order valence-electron chi connectivity index (χ3n) is 3.51. The fraction of sp³-hybridized carbons (Fsp3) is 0.100. The van der Waals surface area contributed by atoms with Crippen molar-refractivity contribution in [3.8, 4) is 23.3 Å². The third kappa shape index (κ3) is 4.27. The van der Waals surface area contributed by atoms with Crippen LogP contribution in [0.25, 0.3) is 5.69 Å². The normalized spacial score (nSPS) is 10.0. The number of nitrogens with zero attached hydrogens (tertiary/aromatic N) is 2. The summed E-state index contributed by atoms with van der Waals surface area (Å²) in [6.45, 7) is 0.722. The lowest BCUT2D eigenvalue weighted by atomic mass is 10.2. The summed E-state index contributed by atoms with van der Waals surface area (Å²) >= 11 is 0. The minimum absolute atomic E-state index is 0.225. The first-order valence-corrected chi connectivity index (χ1v) is 7.80. The Morgan fingerprint density at radius 2 is 1.64 bits per heavy atom. The number of pyridine rings is 1. The van der Waals surface area contributed by atoms with E-state index in [1.165, 1.54) is 10.6 Å². The molecule has 3 rings (SSSR count). The van der Waals surface area contributed by atoms with Crippen molar-refractivity contribution in [1.82, 2.24) is 4.57 Å². The Morgan fingerprint density at radius 1 is 0.880 bits per heavy atom. The van der Waals surface area contributed by atoms with Gasteiger partial charge in [0, 0.05) is 18.0 Å². The zero-order valence-corrected chi connectivity index (χ0v) is 13.5. The highest BCUT2D eigenvalue weighted by Gasteiger charge is 2.03. The highest BCUT2D eigenvalue weighted by atomic mass is 16.5. The van der Waals surface area contributed by atoms with Gasteiger partial charge in [0.25, 0.3) is 5.56 Å². The summed E-state index contributed by atoms with van der Waals surface area (Å²) in [6, 6.07) is 21.5. The molecule has 5 nitrogen and oxygen atoms in total. The molecule has 0 N–H and O–H groups in total. The predicted octanol–water partition coefficient (Wildman–Crippen LogP) is 3.17. The number of benzene rings is 2. The Kier molecular flexibility index (Phi) is 5.13. The van der Waals surface area contributed by atoms with Gasteiger partial charge >= 0.3 is 0 Å². The van der Waals surface area contributed by atoms with Crippen LogP contribution in [-0.4, -0.2) is 17.8 Å². The average Bonchev–Trinajstić information content (AvgIpc) is 2.66. The fourth-order valence-electron chi connectivity index (χ4n) is 2.32. The molecule has 0 unspecified atom stereocenters. The Bertz CT molecular complexity index is 943. The number of hydrogen-bond donors (Lipinski definition) is 0. The highest BCUT2D eigenvalue weighted by Crippen LogP contribution is 2.12. The van der Waals surface area contributed by atoms with Gasteiger partial charge in [-0.1, -0.05) is 24.3 Å². The molecule has 0 saturated carbocycles. The van der Waals surface area contributed by atoms with Crippen LogP contribution in [-0.2, 0) is 0 Å². The van der Waals surface area contributed by atoms with Crippen molar-refractivity contribution in [2.45, 2.75) is 0 Å². The Labute approximate surface area is 145 Å². The van der Waals surface area contributed by atoms with E-state index in [-0.39, 0.29) is 5.56 Å². The summed E-state index contributed by atoms with van der Waals surface area (Å²) in [4.78, 5) is 12.3. The minimum Gasteiger partial charge on any atom is -0.490 e. The van der Waals surface area contributed by atoms with Crippen molar-refractivity contribution >= 4 is 0 Å². The number of rotatable bonds is 6. The van der Waals surface area contributed by atoms with Crippen LogP contribution >= 0.6 is 0 Å². The molecule has 3 aromatic rings. The van der Waals surface area contributed by atoms with Crippen molar-refractivity contribution in [3.63, 3.8) is 0 Å². The molecule has 0 aliphatic heterocycles. The van der Waals surface area contributed by atoms with Crippen molar-refractivity contribution in [1.29, 1.82) is 5.26 Å². The molecule has 1 aromatic heterocycles. The van der Waals surface area contributed by atoms with E-state index in [4.69, 9.17) is 14.7 Å². The quantitative estimate of drug-likeness (QED) is 0.650. The van der Waals surface area contributed by atoms with E-state index in [1.807, 2.05) is 30.3 Å². The standard InChI is InChI=1S/C20H16N2O3/c21-15-16-5-4-6-17(13-16)22-10-9-19(14-20(22)23)25-12-11-24-18-7-2-1-3-8-18/h1-10,13-14H,11-12H2. The highest BCUT2D eigenvalue weighted by molar-refractivity contribution is 5.42. The monoisotopic (exact) mass is 332 g/mol. The van der Waals surface area contributed by atoms with Crippen molar-refractivity contribution in [2.24, 2.45) is 0 Å². The van der Waals surface area contributed by atoms with E-state index in [2.05, 4.69) is 6.07 Å². The van der Waals surface area contributed by atoms with Crippen LogP contribution in [0, 0.1) is 11.3 Å². The lowest BCUT2D eigenvalue weighted by molar-refractivity contribution is 0.217. The lowest BCUT2D eigenvalue weighted by Crippen LogP contribution is -2.17. The fourth-order valence-corrected chi connectivity index (χ4v) is 2.32. The first-order chi connectivity index (χ1) is 12.3. The van der Waals surface area contributed by atoms with Gasteiger partial charge in [-0.3, -0.25) is 9.36 Å². The van der Waals surface area contributed by atoms with E-state index < -0.39 is 0 Å².